The van der Waals surface area contributed by atoms with Crippen LogP contribution in [-0.4, -0.2) is 9.78 Å². The van der Waals surface area contributed by atoms with Gasteiger partial charge in [0, 0.05) is 18.3 Å². The lowest BCUT2D eigenvalue weighted by Gasteiger charge is -2.01. The molecule has 1 aromatic heterocycles. The predicted molar refractivity (Wildman–Crippen MR) is 32.7 cm³/mol. The maximum Gasteiger partial charge on any atom is 0.320 e. The molecule has 0 aliphatic heterocycles. The third-order valence-electron chi connectivity index (χ3n) is 1.11. The maximum absolute atomic E-state index is 4.23. The molecule has 0 N–H and O–H groups in total. The van der Waals surface area contributed by atoms with Crippen LogP contribution < -0.4 is 22.6 Å². The van der Waals surface area contributed by atoms with E-state index >= 15 is 0 Å². The van der Waals surface area contributed by atoms with Crippen molar-refractivity contribution in [2.24, 2.45) is 0 Å². The lowest BCUT2D eigenvalue weighted by atomic mass is 10.4. The molecule has 0 radical (unpaired) electrons. The molecule has 1 aromatic rings. The van der Waals surface area contributed by atoms with Crippen molar-refractivity contribution < 1.29 is 22.6 Å². The number of halogens is 1. The molecule has 0 fully saturated rings. The van der Waals surface area contributed by atoms with Crippen molar-refractivity contribution in [3.8, 4) is 0 Å². The Hall–Kier alpha value is -0.0600. The average Bonchev–Trinajstić information content (AvgIpc) is 2.14. The highest BCUT2D eigenvalue weighted by Crippen LogP contribution is 1.98. The Kier molecular flexibility index (Phi) is 2.10. The van der Waals surface area contributed by atoms with Crippen molar-refractivity contribution in [3.05, 3.63) is 16.0 Å². The van der Waals surface area contributed by atoms with Gasteiger partial charge in [-0.25, -0.2) is 0 Å². The monoisotopic (exact) mass is 237 g/mol. The van der Waals surface area contributed by atoms with Gasteiger partial charge in [-0.3, -0.25) is 4.68 Å². The van der Waals surface area contributed by atoms with Crippen LogP contribution in [0.25, 0.3) is 0 Å². The van der Waals surface area contributed by atoms with Gasteiger partial charge >= 0.3 is 22.6 Å². The minimum absolute atomic E-state index is 0.487. The van der Waals surface area contributed by atoms with Crippen molar-refractivity contribution in [1.82, 2.24) is 9.78 Å². The summed E-state index contributed by atoms with van der Waals surface area (Å²) in [6.45, 7) is 4.24. The van der Waals surface area contributed by atoms with E-state index in [1.165, 1.54) is 0 Å². The fourth-order valence-corrected chi connectivity index (χ4v) is 1.05. The molecule has 1 rings (SSSR count). The second-order valence-corrected chi connectivity index (χ2v) is 3.42. The van der Waals surface area contributed by atoms with Gasteiger partial charge in [-0.2, -0.15) is 0 Å². The second kappa shape index (κ2) is 2.68. The molecule has 0 aliphatic carbocycles. The van der Waals surface area contributed by atoms with Gasteiger partial charge in [-0.1, -0.05) is 0 Å². The summed E-state index contributed by atoms with van der Waals surface area (Å²) in [6.07, 6.45) is 2.00. The summed E-state index contributed by atoms with van der Waals surface area (Å²) in [6, 6.07) is 2.50. The molecule has 1 heterocycles. The highest BCUT2D eigenvalue weighted by Gasteiger charge is 2.02. The Morgan fingerprint density at radius 1 is 1.67 bits per heavy atom. The zero-order valence-electron chi connectivity index (χ0n) is 5.53. The molecule has 0 unspecified atom stereocenters. The first-order chi connectivity index (χ1) is 4.20. The van der Waals surface area contributed by atoms with Crippen molar-refractivity contribution in [1.29, 1.82) is 0 Å². The van der Waals surface area contributed by atoms with E-state index in [-0.39, 0.29) is 0 Å². The van der Waals surface area contributed by atoms with Crippen LogP contribution in [0.2, 0.25) is 0 Å². The van der Waals surface area contributed by atoms with E-state index in [2.05, 4.69) is 18.9 Å². The summed E-state index contributed by atoms with van der Waals surface area (Å²) >= 11 is 1.93. The maximum atomic E-state index is 4.23. The van der Waals surface area contributed by atoms with Crippen molar-refractivity contribution >= 4 is 0 Å². The summed E-state index contributed by atoms with van der Waals surface area (Å²) in [5.41, 5.74) is 0. The zero-order chi connectivity index (χ0) is 6.85. The molecule has 3 heteroatoms. The molecule has 0 aromatic carbocycles. The SMILES string of the molecule is CC(C)n1ccc([IH+])n1. The minimum Gasteiger partial charge on any atom is -0.266 e. The number of hydrogen-bond donors (Lipinski definition) is 0. The van der Waals surface area contributed by atoms with E-state index in [1.807, 2.05) is 39.5 Å². The summed E-state index contributed by atoms with van der Waals surface area (Å²) in [7, 11) is 0. The number of hydrogen-bond acceptors (Lipinski definition) is 1. The van der Waals surface area contributed by atoms with Crippen LogP contribution in [0.15, 0.2) is 12.3 Å². The Morgan fingerprint density at radius 3 is 2.56 bits per heavy atom. The number of rotatable bonds is 1. The van der Waals surface area contributed by atoms with Crippen LogP contribution in [0.3, 0.4) is 0 Å². The first kappa shape index (κ1) is 7.05. The van der Waals surface area contributed by atoms with Crippen LogP contribution in [0, 0.1) is 3.70 Å². The molecule has 0 atom stereocenters. The molecule has 9 heavy (non-hydrogen) atoms. The van der Waals surface area contributed by atoms with Crippen LogP contribution in [-0.2, 0) is 0 Å². The molecular weight excluding hydrogens is 227 g/mol. The van der Waals surface area contributed by atoms with Crippen molar-refractivity contribution in [2.45, 2.75) is 19.9 Å². The third-order valence-corrected chi connectivity index (χ3v) is 1.73. The number of nitrogens with zero attached hydrogens (tertiary/aromatic N) is 2. The van der Waals surface area contributed by atoms with E-state index < -0.39 is 0 Å². The largest absolute Gasteiger partial charge is 0.320 e. The molecule has 50 valence electrons. The third kappa shape index (κ3) is 1.67. The summed E-state index contributed by atoms with van der Waals surface area (Å²) < 4.78 is 3.05. The van der Waals surface area contributed by atoms with E-state index in [1.54, 1.807) is 0 Å². The Balaban J connectivity index is 2.85. The van der Waals surface area contributed by atoms with Gasteiger partial charge in [0.1, 0.15) is 0 Å². The molecule has 0 saturated heterocycles. The van der Waals surface area contributed by atoms with Crippen LogP contribution >= 0.6 is 0 Å². The molecule has 0 saturated carbocycles. The van der Waals surface area contributed by atoms with Crippen molar-refractivity contribution in [3.63, 3.8) is 0 Å². The van der Waals surface area contributed by atoms with Gasteiger partial charge in [0.05, 0.1) is 0 Å². The van der Waals surface area contributed by atoms with E-state index in [0.717, 1.165) is 3.70 Å². The minimum atomic E-state index is 0.487. The number of aromatic nitrogens is 2. The lowest BCUT2D eigenvalue weighted by Crippen LogP contribution is -3.34. The van der Waals surface area contributed by atoms with Crippen molar-refractivity contribution in [2.75, 3.05) is 0 Å². The van der Waals surface area contributed by atoms with Crippen LogP contribution in [0.4, 0.5) is 0 Å². The highest BCUT2D eigenvalue weighted by molar-refractivity contribution is 4.78. The Labute approximate surface area is 68.4 Å². The molecule has 0 amide bonds. The topological polar surface area (TPSA) is 17.8 Å². The molecule has 0 spiro atoms. The fourth-order valence-electron chi connectivity index (χ4n) is 0.608. The Bertz CT molecular complexity index is 193. The molecular formula is C6H10IN2+. The van der Waals surface area contributed by atoms with Gasteiger partial charge in [0.25, 0.3) is 3.70 Å². The van der Waals surface area contributed by atoms with E-state index in [9.17, 15) is 0 Å². The first-order valence-electron chi connectivity index (χ1n) is 2.92. The summed E-state index contributed by atoms with van der Waals surface area (Å²) in [5, 5.41) is 4.23. The summed E-state index contributed by atoms with van der Waals surface area (Å²) in [5.74, 6) is 0. The molecule has 0 aliphatic rings. The highest BCUT2D eigenvalue weighted by atomic mass is 127. The summed E-state index contributed by atoms with van der Waals surface area (Å²) in [4.78, 5) is 0. The first-order valence-corrected chi connectivity index (χ1v) is 4.09. The van der Waals surface area contributed by atoms with Gasteiger partial charge < -0.3 is 0 Å². The second-order valence-electron chi connectivity index (χ2n) is 2.23. The van der Waals surface area contributed by atoms with Gasteiger partial charge in [-0.15, -0.1) is 5.10 Å². The quantitative estimate of drug-likeness (QED) is 0.512. The standard InChI is InChI=1S/C6H10IN2/c1-5(2)9-4-3-6(7)8-9/h3-5,7H,1-2H3/q+1. The average molecular weight is 237 g/mol. The van der Waals surface area contributed by atoms with E-state index in [4.69, 9.17) is 0 Å². The zero-order valence-corrected chi connectivity index (χ0v) is 7.87. The van der Waals surface area contributed by atoms with Crippen LogP contribution in [0.1, 0.15) is 19.9 Å². The van der Waals surface area contributed by atoms with E-state index in [0.29, 0.717) is 6.04 Å². The van der Waals surface area contributed by atoms with Gasteiger partial charge in [0.15, 0.2) is 0 Å². The molecule has 0 bridgehead atoms. The fraction of sp³-hybridized carbons (Fsp3) is 0.500. The van der Waals surface area contributed by atoms with Crippen LogP contribution in [0.5, 0.6) is 0 Å². The van der Waals surface area contributed by atoms with Gasteiger partial charge in [-0.05, 0) is 13.8 Å². The lowest BCUT2D eigenvalue weighted by molar-refractivity contribution is -0.338. The Morgan fingerprint density at radius 2 is 2.33 bits per heavy atom. The molecule has 2 nitrogen and oxygen atoms in total. The smallest absolute Gasteiger partial charge is 0.266 e. The normalized spacial score (nSPS) is 10.7. The van der Waals surface area contributed by atoms with Gasteiger partial charge in [0.2, 0.25) is 0 Å². The predicted octanol–water partition coefficient (Wildman–Crippen LogP) is -2.08.